The van der Waals surface area contributed by atoms with E-state index in [2.05, 4.69) is 40.2 Å². The lowest BCUT2D eigenvalue weighted by molar-refractivity contribution is 0.470. The molecule has 18 heavy (non-hydrogen) atoms. The molecule has 0 bridgehead atoms. The van der Waals surface area contributed by atoms with Gasteiger partial charge in [0, 0.05) is 0 Å². The maximum Gasteiger partial charge on any atom is 0.169 e. The highest BCUT2D eigenvalue weighted by atomic mass is 79.9. The van der Waals surface area contributed by atoms with Crippen molar-refractivity contribution in [2.24, 2.45) is 5.73 Å². The fourth-order valence-corrected chi connectivity index (χ4v) is 2.38. The van der Waals surface area contributed by atoms with Crippen molar-refractivity contribution < 1.29 is 4.42 Å². The second-order valence-corrected chi connectivity index (χ2v) is 5.01. The number of hydrogen-bond acceptors (Lipinski definition) is 2. The third-order valence-corrected chi connectivity index (χ3v) is 3.46. The van der Waals surface area contributed by atoms with Crippen molar-refractivity contribution in [3.05, 3.63) is 70.6 Å². The fraction of sp³-hybridized carbons (Fsp3) is 0.0667. The van der Waals surface area contributed by atoms with E-state index in [1.54, 1.807) is 0 Å². The maximum absolute atomic E-state index is 6.21. The predicted molar refractivity (Wildman–Crippen MR) is 76.4 cm³/mol. The highest BCUT2D eigenvalue weighted by Crippen LogP contribution is 2.26. The summed E-state index contributed by atoms with van der Waals surface area (Å²) < 4.78 is 6.21. The first-order valence-electron chi connectivity index (χ1n) is 5.73. The minimum atomic E-state index is -0.235. The third kappa shape index (κ3) is 2.07. The molecule has 0 spiro atoms. The summed E-state index contributed by atoms with van der Waals surface area (Å²) in [7, 11) is 0. The third-order valence-electron chi connectivity index (χ3n) is 3.03. The van der Waals surface area contributed by atoms with E-state index in [4.69, 9.17) is 10.2 Å². The molecule has 0 aliphatic rings. The Morgan fingerprint density at radius 1 is 0.944 bits per heavy atom. The van der Waals surface area contributed by atoms with Crippen molar-refractivity contribution in [3.63, 3.8) is 0 Å². The second-order valence-electron chi connectivity index (χ2n) is 4.23. The smallest absolute Gasteiger partial charge is 0.169 e. The van der Waals surface area contributed by atoms with Crippen LogP contribution >= 0.6 is 15.9 Å². The first-order valence-corrected chi connectivity index (χ1v) is 6.53. The fourth-order valence-electron chi connectivity index (χ4n) is 2.06. The van der Waals surface area contributed by atoms with Crippen molar-refractivity contribution in [2.75, 3.05) is 0 Å². The van der Waals surface area contributed by atoms with E-state index < -0.39 is 0 Å². The first-order chi connectivity index (χ1) is 8.74. The van der Waals surface area contributed by atoms with Crippen LogP contribution in [0.3, 0.4) is 0 Å². The van der Waals surface area contributed by atoms with E-state index in [-0.39, 0.29) is 6.04 Å². The van der Waals surface area contributed by atoms with Crippen molar-refractivity contribution in [1.82, 2.24) is 0 Å². The molecule has 3 heteroatoms. The number of halogens is 1. The molecule has 0 saturated heterocycles. The summed E-state index contributed by atoms with van der Waals surface area (Å²) in [6.45, 7) is 0. The number of hydrogen-bond donors (Lipinski definition) is 1. The van der Waals surface area contributed by atoms with Crippen LogP contribution in [-0.2, 0) is 0 Å². The average Bonchev–Trinajstić information content (AvgIpc) is 2.84. The van der Waals surface area contributed by atoms with Crippen LogP contribution in [0.2, 0.25) is 0 Å². The van der Waals surface area contributed by atoms with Crippen LogP contribution in [0.15, 0.2) is 63.7 Å². The second kappa shape index (κ2) is 4.59. The molecule has 0 fully saturated rings. The Kier molecular flexibility index (Phi) is 2.94. The van der Waals surface area contributed by atoms with Crippen LogP contribution < -0.4 is 5.73 Å². The van der Waals surface area contributed by atoms with Gasteiger partial charge in [-0.15, -0.1) is 0 Å². The SMILES string of the molecule is NC(c1ccc2ccccc2c1)c1ccc(Br)o1. The summed E-state index contributed by atoms with van der Waals surface area (Å²) in [6.07, 6.45) is 0. The van der Waals surface area contributed by atoms with E-state index in [0.29, 0.717) is 4.67 Å². The van der Waals surface area contributed by atoms with Crippen molar-refractivity contribution in [3.8, 4) is 0 Å². The Morgan fingerprint density at radius 3 is 2.44 bits per heavy atom. The highest BCUT2D eigenvalue weighted by molar-refractivity contribution is 9.10. The summed E-state index contributed by atoms with van der Waals surface area (Å²) in [5.74, 6) is 0.761. The molecule has 0 aliphatic carbocycles. The van der Waals surface area contributed by atoms with Gasteiger partial charge in [-0.1, -0.05) is 36.4 Å². The minimum Gasteiger partial charge on any atom is -0.452 e. The monoisotopic (exact) mass is 301 g/mol. The molecule has 0 saturated carbocycles. The van der Waals surface area contributed by atoms with Crippen LogP contribution in [0, 0.1) is 0 Å². The van der Waals surface area contributed by atoms with Gasteiger partial charge in [-0.3, -0.25) is 0 Å². The molecule has 1 atom stereocenters. The molecule has 2 aromatic carbocycles. The zero-order valence-electron chi connectivity index (χ0n) is 9.64. The number of benzene rings is 2. The van der Waals surface area contributed by atoms with E-state index >= 15 is 0 Å². The quantitative estimate of drug-likeness (QED) is 0.769. The Morgan fingerprint density at radius 2 is 1.72 bits per heavy atom. The predicted octanol–water partition coefficient (Wildman–Crippen LogP) is 4.24. The largest absolute Gasteiger partial charge is 0.452 e. The summed E-state index contributed by atoms with van der Waals surface area (Å²) in [6, 6.07) is 18.0. The van der Waals surface area contributed by atoms with Gasteiger partial charge >= 0.3 is 0 Å². The maximum atomic E-state index is 6.21. The molecule has 2 N–H and O–H groups in total. The molecular formula is C15H12BrNO. The molecule has 1 unspecified atom stereocenters. The zero-order valence-corrected chi connectivity index (χ0v) is 11.2. The highest BCUT2D eigenvalue weighted by Gasteiger charge is 2.13. The van der Waals surface area contributed by atoms with Crippen LogP contribution in [-0.4, -0.2) is 0 Å². The van der Waals surface area contributed by atoms with Gasteiger partial charge in [0.15, 0.2) is 4.67 Å². The molecule has 3 rings (SSSR count). The van der Waals surface area contributed by atoms with Gasteiger partial charge in [0.25, 0.3) is 0 Å². The van der Waals surface area contributed by atoms with Gasteiger partial charge in [-0.2, -0.15) is 0 Å². The van der Waals surface area contributed by atoms with Crippen molar-refractivity contribution in [1.29, 1.82) is 0 Å². The average molecular weight is 302 g/mol. The molecule has 0 aliphatic heterocycles. The van der Waals surface area contributed by atoms with Gasteiger partial charge < -0.3 is 10.2 Å². The number of nitrogens with two attached hydrogens (primary N) is 1. The van der Waals surface area contributed by atoms with Crippen molar-refractivity contribution in [2.45, 2.75) is 6.04 Å². The summed E-state index contributed by atoms with van der Waals surface area (Å²) in [4.78, 5) is 0. The van der Waals surface area contributed by atoms with Crippen molar-refractivity contribution >= 4 is 26.7 Å². The van der Waals surface area contributed by atoms with Gasteiger partial charge in [-0.05, 0) is 50.5 Å². The van der Waals surface area contributed by atoms with Crippen LogP contribution in [0.5, 0.6) is 0 Å². The minimum absolute atomic E-state index is 0.235. The van der Waals surface area contributed by atoms with E-state index in [0.717, 1.165) is 11.3 Å². The lowest BCUT2D eigenvalue weighted by atomic mass is 10.0. The summed E-state index contributed by atoms with van der Waals surface area (Å²) in [5.41, 5.74) is 7.26. The van der Waals surface area contributed by atoms with Gasteiger partial charge in [0.1, 0.15) is 5.76 Å². The molecule has 90 valence electrons. The standard InChI is InChI=1S/C15H12BrNO/c16-14-8-7-13(18-14)15(17)12-6-5-10-3-1-2-4-11(10)9-12/h1-9,15H,17H2. The van der Waals surface area contributed by atoms with Crippen LogP contribution in [0.1, 0.15) is 17.4 Å². The number of furan rings is 1. The summed E-state index contributed by atoms with van der Waals surface area (Å²) >= 11 is 3.29. The lowest BCUT2D eigenvalue weighted by Crippen LogP contribution is -2.10. The zero-order chi connectivity index (χ0) is 12.5. The molecule has 0 amide bonds. The molecular weight excluding hydrogens is 290 g/mol. The number of rotatable bonds is 2. The Balaban J connectivity index is 2.03. The van der Waals surface area contributed by atoms with E-state index in [1.807, 2.05) is 30.3 Å². The topological polar surface area (TPSA) is 39.2 Å². The molecule has 3 aromatic rings. The van der Waals surface area contributed by atoms with Crippen LogP contribution in [0.4, 0.5) is 0 Å². The Hall–Kier alpha value is -1.58. The van der Waals surface area contributed by atoms with Gasteiger partial charge in [0.2, 0.25) is 0 Å². The van der Waals surface area contributed by atoms with E-state index in [1.165, 1.54) is 10.8 Å². The normalized spacial score (nSPS) is 12.8. The van der Waals surface area contributed by atoms with Gasteiger partial charge in [0.05, 0.1) is 6.04 Å². The van der Waals surface area contributed by atoms with Gasteiger partial charge in [-0.25, -0.2) is 0 Å². The Labute approximate surface area is 114 Å². The van der Waals surface area contributed by atoms with E-state index in [9.17, 15) is 0 Å². The summed E-state index contributed by atoms with van der Waals surface area (Å²) in [5, 5.41) is 2.41. The first kappa shape index (κ1) is 11.5. The Bertz CT molecular complexity index is 690. The van der Waals surface area contributed by atoms with Crippen LogP contribution in [0.25, 0.3) is 10.8 Å². The lowest BCUT2D eigenvalue weighted by Gasteiger charge is -2.10. The molecule has 0 radical (unpaired) electrons. The molecule has 1 aromatic heterocycles. The number of fused-ring (bicyclic) bond motifs is 1. The molecule has 2 nitrogen and oxygen atoms in total. The molecule has 1 heterocycles.